The van der Waals surface area contributed by atoms with Gasteiger partial charge in [0.15, 0.2) is 0 Å². The van der Waals surface area contributed by atoms with Gasteiger partial charge >= 0.3 is 0 Å². The van der Waals surface area contributed by atoms with Gasteiger partial charge in [-0.1, -0.05) is 19.9 Å². The maximum absolute atomic E-state index is 5.53. The summed E-state index contributed by atoms with van der Waals surface area (Å²) < 4.78 is 11.9. The van der Waals surface area contributed by atoms with Gasteiger partial charge in [0.1, 0.15) is 17.6 Å². The molecule has 25 heavy (non-hydrogen) atoms. The number of nitrogens with zero attached hydrogens (tertiary/aromatic N) is 4. The van der Waals surface area contributed by atoms with E-state index in [2.05, 4.69) is 39.7 Å². The normalized spacial score (nSPS) is 20.4. The van der Waals surface area contributed by atoms with E-state index in [0.29, 0.717) is 18.2 Å². The zero-order valence-corrected chi connectivity index (χ0v) is 16.3. The van der Waals surface area contributed by atoms with E-state index in [4.69, 9.17) is 19.5 Å². The topological polar surface area (TPSA) is 69.0 Å². The van der Waals surface area contributed by atoms with Gasteiger partial charge in [0.2, 0.25) is 11.8 Å². The third-order valence-corrected chi connectivity index (χ3v) is 4.85. The fraction of sp³-hybridized carbons (Fsp3) is 0.444. The molecule has 6 nitrogen and oxygen atoms in total. The maximum Gasteiger partial charge on any atom is 0.209 e. The van der Waals surface area contributed by atoms with Crippen molar-refractivity contribution in [3.8, 4) is 0 Å². The van der Waals surface area contributed by atoms with E-state index in [0.717, 1.165) is 21.1 Å². The average Bonchev–Trinajstić information content (AvgIpc) is 2.63. The lowest BCUT2D eigenvalue weighted by Crippen LogP contribution is -2.38. The Kier molecular flexibility index (Phi) is 5.32. The van der Waals surface area contributed by atoms with E-state index in [1.165, 1.54) is 0 Å². The van der Waals surface area contributed by atoms with Gasteiger partial charge in [-0.25, -0.2) is 9.98 Å². The Hall–Kier alpha value is -2.02. The molecule has 0 spiro atoms. The second-order valence-electron chi connectivity index (χ2n) is 6.21. The van der Waals surface area contributed by atoms with Crippen molar-refractivity contribution < 1.29 is 9.47 Å². The number of aliphatic imine (C=N–C) groups is 2. The third kappa shape index (κ3) is 3.51. The molecule has 0 radical (unpaired) electrons. The molecule has 0 aliphatic carbocycles. The highest BCUT2D eigenvalue weighted by atomic mass is 79.9. The Labute approximate surface area is 155 Å². The predicted molar refractivity (Wildman–Crippen MR) is 102 cm³/mol. The van der Waals surface area contributed by atoms with E-state index in [1.54, 1.807) is 26.6 Å². The smallest absolute Gasteiger partial charge is 0.209 e. The molecule has 1 aliphatic rings. The Bertz CT molecular complexity index is 835. The minimum absolute atomic E-state index is 0.113. The molecule has 7 heteroatoms. The van der Waals surface area contributed by atoms with Crippen LogP contribution >= 0.6 is 15.9 Å². The quantitative estimate of drug-likeness (QED) is 0.785. The van der Waals surface area contributed by atoms with E-state index in [9.17, 15) is 0 Å². The summed E-state index contributed by atoms with van der Waals surface area (Å²) in [4.78, 5) is 18.4. The molecule has 0 saturated carbocycles. The van der Waals surface area contributed by atoms with Crippen LogP contribution in [0.5, 0.6) is 0 Å². The standard InChI is InChI=1S/C18H21BrN4O2/c1-10(2)14-18(25-4)22-13(17(23-14)24-3)9-11-5-6-12(19)16-15(11)20-7-8-21-16/h5-8,10,13-14H,9H2,1-4H3/t13-,14-/m0/s1. The first-order valence-electron chi connectivity index (χ1n) is 8.16. The third-order valence-electron chi connectivity index (χ3n) is 4.21. The first-order valence-corrected chi connectivity index (χ1v) is 8.96. The van der Waals surface area contributed by atoms with Crippen LogP contribution in [0, 0.1) is 5.92 Å². The van der Waals surface area contributed by atoms with Crippen molar-refractivity contribution in [1.29, 1.82) is 0 Å². The van der Waals surface area contributed by atoms with Crippen LogP contribution in [0.4, 0.5) is 0 Å². The van der Waals surface area contributed by atoms with Crippen LogP contribution in [0.2, 0.25) is 0 Å². The number of methoxy groups -OCH3 is 2. The van der Waals surface area contributed by atoms with Crippen LogP contribution < -0.4 is 0 Å². The van der Waals surface area contributed by atoms with Gasteiger partial charge in [-0.3, -0.25) is 9.97 Å². The number of hydrogen-bond donors (Lipinski definition) is 0. The number of aromatic nitrogens is 2. The monoisotopic (exact) mass is 404 g/mol. The molecule has 0 N–H and O–H groups in total. The summed E-state index contributed by atoms with van der Waals surface area (Å²) in [6.45, 7) is 4.18. The Morgan fingerprint density at radius 1 is 1.00 bits per heavy atom. The van der Waals surface area contributed by atoms with Crippen LogP contribution in [-0.2, 0) is 15.9 Å². The van der Waals surface area contributed by atoms with Gasteiger partial charge in [0.05, 0.1) is 19.7 Å². The second kappa shape index (κ2) is 7.47. The average molecular weight is 405 g/mol. The van der Waals surface area contributed by atoms with Crippen molar-refractivity contribution in [3.05, 3.63) is 34.6 Å². The summed E-state index contributed by atoms with van der Waals surface area (Å²) in [7, 11) is 3.27. The molecule has 0 bridgehead atoms. The lowest BCUT2D eigenvalue weighted by atomic mass is 10.00. The van der Waals surface area contributed by atoms with Crippen LogP contribution in [0.25, 0.3) is 11.0 Å². The summed E-state index contributed by atoms with van der Waals surface area (Å²) in [6, 6.07) is 3.67. The molecule has 1 aromatic carbocycles. The van der Waals surface area contributed by atoms with E-state index < -0.39 is 0 Å². The zero-order valence-electron chi connectivity index (χ0n) is 14.7. The zero-order chi connectivity index (χ0) is 18.0. The number of hydrogen-bond acceptors (Lipinski definition) is 6. The van der Waals surface area contributed by atoms with Gasteiger partial charge in [-0.2, -0.15) is 0 Å². The first-order chi connectivity index (χ1) is 12.0. The molecular formula is C18H21BrN4O2. The van der Waals surface area contributed by atoms with E-state index >= 15 is 0 Å². The summed E-state index contributed by atoms with van der Waals surface area (Å²) >= 11 is 3.53. The largest absolute Gasteiger partial charge is 0.483 e. The molecule has 0 unspecified atom stereocenters. The molecule has 1 aromatic heterocycles. The highest BCUT2D eigenvalue weighted by Crippen LogP contribution is 2.26. The van der Waals surface area contributed by atoms with Gasteiger partial charge < -0.3 is 9.47 Å². The molecular weight excluding hydrogens is 384 g/mol. The molecule has 2 aromatic rings. The van der Waals surface area contributed by atoms with Gasteiger partial charge in [-0.05, 0) is 33.5 Å². The van der Waals surface area contributed by atoms with E-state index in [1.807, 2.05) is 12.1 Å². The second-order valence-corrected chi connectivity index (χ2v) is 7.07. The number of halogens is 1. The number of rotatable bonds is 3. The van der Waals surface area contributed by atoms with Crippen molar-refractivity contribution in [2.24, 2.45) is 15.9 Å². The van der Waals surface area contributed by atoms with Crippen molar-refractivity contribution in [1.82, 2.24) is 9.97 Å². The summed E-state index contributed by atoms with van der Waals surface area (Å²) in [5.41, 5.74) is 2.73. The fourth-order valence-corrected chi connectivity index (χ4v) is 3.37. The Balaban J connectivity index is 1.98. The van der Waals surface area contributed by atoms with Crippen LogP contribution in [0.15, 0.2) is 39.0 Å². The van der Waals surface area contributed by atoms with E-state index in [-0.39, 0.29) is 18.0 Å². The fourth-order valence-electron chi connectivity index (χ4n) is 2.95. The van der Waals surface area contributed by atoms with Crippen LogP contribution in [-0.4, -0.2) is 48.1 Å². The lowest BCUT2D eigenvalue weighted by Gasteiger charge is -2.27. The predicted octanol–water partition coefficient (Wildman–Crippen LogP) is 3.43. The molecule has 0 saturated heterocycles. The number of benzene rings is 1. The Morgan fingerprint density at radius 3 is 2.32 bits per heavy atom. The Morgan fingerprint density at radius 2 is 1.68 bits per heavy atom. The SMILES string of the molecule is COC1=N[C@@H](C(C)C)C(OC)=N[C@H]1Cc1ccc(Br)c2nccnc12. The van der Waals surface area contributed by atoms with Crippen molar-refractivity contribution >= 4 is 38.8 Å². The highest BCUT2D eigenvalue weighted by Gasteiger charge is 2.31. The van der Waals surface area contributed by atoms with Gasteiger partial charge in [0.25, 0.3) is 0 Å². The lowest BCUT2D eigenvalue weighted by molar-refractivity contribution is 0.333. The van der Waals surface area contributed by atoms with Gasteiger partial charge in [0, 0.05) is 23.3 Å². The number of fused-ring (bicyclic) bond motifs is 1. The molecule has 2 atom stereocenters. The maximum atomic E-state index is 5.53. The van der Waals surface area contributed by atoms with Crippen molar-refractivity contribution in [2.45, 2.75) is 32.4 Å². The molecule has 2 heterocycles. The summed E-state index contributed by atoms with van der Waals surface area (Å²) in [5, 5.41) is 0. The highest BCUT2D eigenvalue weighted by molar-refractivity contribution is 9.10. The first kappa shape index (κ1) is 17.8. The van der Waals surface area contributed by atoms with Crippen molar-refractivity contribution in [2.75, 3.05) is 14.2 Å². The van der Waals surface area contributed by atoms with Gasteiger partial charge in [-0.15, -0.1) is 0 Å². The minimum atomic E-state index is -0.235. The molecule has 1 aliphatic heterocycles. The molecule has 132 valence electrons. The molecule has 3 rings (SSSR count). The van der Waals surface area contributed by atoms with Crippen molar-refractivity contribution in [3.63, 3.8) is 0 Å². The van der Waals surface area contributed by atoms with Crippen LogP contribution in [0.3, 0.4) is 0 Å². The summed E-state index contributed by atoms with van der Waals surface area (Å²) in [5.74, 6) is 1.55. The van der Waals surface area contributed by atoms with Crippen LogP contribution in [0.1, 0.15) is 19.4 Å². The number of ether oxygens (including phenoxy) is 2. The summed E-state index contributed by atoms with van der Waals surface area (Å²) in [6.07, 6.45) is 4.00. The minimum Gasteiger partial charge on any atom is -0.483 e. The molecule has 0 fully saturated rings. The molecule has 0 amide bonds.